The Bertz CT molecular complexity index is 908. The minimum atomic E-state index is -2.69. The Morgan fingerprint density at radius 3 is 1.89 bits per heavy atom. The van der Waals surface area contributed by atoms with Crippen molar-refractivity contribution >= 4 is 24.8 Å². The highest BCUT2D eigenvalue weighted by Gasteiger charge is 2.51. The fourth-order valence-corrected chi connectivity index (χ4v) is 10.2. The Balaban J connectivity index is 2.05. The molecule has 5 heteroatoms. The van der Waals surface area contributed by atoms with Crippen molar-refractivity contribution in [1.29, 1.82) is 0 Å². The molecular weight excluding hydrogens is 450 g/mol. The molecule has 1 aliphatic heterocycles. The summed E-state index contributed by atoms with van der Waals surface area (Å²) in [7, 11) is -2.69. The van der Waals surface area contributed by atoms with E-state index in [2.05, 4.69) is 95.3 Å². The summed E-state index contributed by atoms with van der Waals surface area (Å²) in [6.07, 6.45) is 1.88. The van der Waals surface area contributed by atoms with Gasteiger partial charge in [0.25, 0.3) is 8.32 Å². The number of carbonyl (C=O) groups excluding carboxylic acids is 1. The summed E-state index contributed by atoms with van der Waals surface area (Å²) in [6.45, 7) is 18.4. The fraction of sp³-hybridized carbons (Fsp3) is 0.567. The first kappa shape index (κ1) is 27.5. The maximum atomic E-state index is 13.3. The van der Waals surface area contributed by atoms with E-state index in [0.29, 0.717) is 25.0 Å². The van der Waals surface area contributed by atoms with E-state index < -0.39 is 13.9 Å². The van der Waals surface area contributed by atoms with Gasteiger partial charge < -0.3 is 14.1 Å². The summed E-state index contributed by atoms with van der Waals surface area (Å²) in [5, 5.41) is 2.42. The average Bonchev–Trinajstić information content (AvgIpc) is 2.78. The molecule has 2 aromatic rings. The first-order valence-electron chi connectivity index (χ1n) is 13.1. The largest absolute Gasteiger partial charge is 0.444 e. The smallest absolute Gasteiger partial charge is 0.410 e. The van der Waals surface area contributed by atoms with Gasteiger partial charge in [0.1, 0.15) is 5.60 Å². The van der Waals surface area contributed by atoms with Crippen LogP contribution in [0.15, 0.2) is 60.7 Å². The van der Waals surface area contributed by atoms with Crippen LogP contribution in [0.5, 0.6) is 0 Å². The maximum absolute atomic E-state index is 13.3. The van der Waals surface area contributed by atoms with Crippen molar-refractivity contribution in [3.05, 3.63) is 60.7 Å². The predicted octanol–water partition coefficient (Wildman–Crippen LogP) is 6.23. The quantitative estimate of drug-likeness (QED) is 0.446. The van der Waals surface area contributed by atoms with E-state index in [1.165, 1.54) is 10.4 Å². The topological polar surface area (TPSA) is 38.8 Å². The summed E-state index contributed by atoms with van der Waals surface area (Å²) >= 11 is 0. The van der Waals surface area contributed by atoms with Gasteiger partial charge in [-0.15, -0.1) is 0 Å². The number of rotatable bonds is 6. The van der Waals surface area contributed by atoms with Gasteiger partial charge in [-0.25, -0.2) is 4.79 Å². The average molecular weight is 496 g/mol. The van der Waals surface area contributed by atoms with Crippen molar-refractivity contribution in [3.8, 4) is 0 Å². The summed E-state index contributed by atoms with van der Waals surface area (Å²) < 4.78 is 13.1. The first-order valence-corrected chi connectivity index (χ1v) is 15.0. The van der Waals surface area contributed by atoms with Crippen LogP contribution in [0, 0.1) is 11.8 Å². The molecule has 1 fully saturated rings. The van der Waals surface area contributed by atoms with Gasteiger partial charge in [0, 0.05) is 6.54 Å². The van der Waals surface area contributed by atoms with Crippen molar-refractivity contribution in [2.75, 3.05) is 13.2 Å². The standard InChI is InChI=1S/C30H45NO3Si/c1-23(2)26-20-15-21-31(28(32)34-29(3,4)5)27(26)22-33-35(30(6,7)8,24-16-11-9-12-17-24)25-18-13-10-14-19-25/h9-14,16-19,23,26-27H,15,20-22H2,1-8H3. The molecule has 2 unspecified atom stereocenters. The molecule has 0 radical (unpaired) electrons. The summed E-state index contributed by atoms with van der Waals surface area (Å²) in [6, 6.07) is 21.4. The number of piperidine rings is 1. The molecule has 0 spiro atoms. The van der Waals surface area contributed by atoms with E-state index in [4.69, 9.17) is 9.16 Å². The number of carbonyl (C=O) groups is 1. The predicted molar refractivity (Wildman–Crippen MR) is 148 cm³/mol. The number of ether oxygens (including phenoxy) is 1. The van der Waals surface area contributed by atoms with Crippen LogP contribution in [-0.2, 0) is 9.16 Å². The lowest BCUT2D eigenvalue weighted by Gasteiger charge is -2.47. The molecule has 1 amide bonds. The zero-order chi connectivity index (χ0) is 25.9. The SMILES string of the molecule is CC(C)C1CCCN(C(=O)OC(C)(C)C)C1CO[Si](c1ccccc1)(c1ccccc1)C(C)(C)C. The Morgan fingerprint density at radius 2 is 1.46 bits per heavy atom. The van der Waals surface area contributed by atoms with Crippen LogP contribution in [0.25, 0.3) is 0 Å². The number of amides is 1. The fourth-order valence-electron chi connectivity index (χ4n) is 5.60. The maximum Gasteiger partial charge on any atom is 0.410 e. The van der Waals surface area contributed by atoms with Gasteiger partial charge in [-0.05, 0) is 60.9 Å². The normalized spacial score (nSPS) is 19.6. The third-order valence-electron chi connectivity index (χ3n) is 7.20. The van der Waals surface area contributed by atoms with Crippen molar-refractivity contribution in [2.45, 2.75) is 84.9 Å². The molecule has 1 heterocycles. The molecule has 35 heavy (non-hydrogen) atoms. The second kappa shape index (κ2) is 10.9. The van der Waals surface area contributed by atoms with Crippen LogP contribution in [-0.4, -0.2) is 44.1 Å². The molecule has 1 aliphatic rings. The molecule has 0 bridgehead atoms. The molecule has 0 aliphatic carbocycles. The molecule has 192 valence electrons. The monoisotopic (exact) mass is 495 g/mol. The van der Waals surface area contributed by atoms with Crippen molar-refractivity contribution < 1.29 is 14.0 Å². The van der Waals surface area contributed by atoms with Crippen LogP contribution in [0.2, 0.25) is 5.04 Å². The van der Waals surface area contributed by atoms with Gasteiger partial charge in [-0.1, -0.05) is 95.3 Å². The molecule has 0 N–H and O–H groups in total. The molecule has 0 saturated carbocycles. The van der Waals surface area contributed by atoms with Gasteiger partial charge in [0.05, 0.1) is 12.6 Å². The lowest BCUT2D eigenvalue weighted by atomic mass is 9.81. The van der Waals surface area contributed by atoms with E-state index in [1.807, 2.05) is 25.7 Å². The van der Waals surface area contributed by atoms with Gasteiger partial charge in [0.2, 0.25) is 0 Å². The molecule has 2 atom stereocenters. The number of nitrogens with zero attached hydrogens (tertiary/aromatic N) is 1. The van der Waals surface area contributed by atoms with Crippen molar-refractivity contribution in [2.24, 2.45) is 11.8 Å². The Labute approximate surface area is 214 Å². The molecule has 3 rings (SSSR count). The van der Waals surface area contributed by atoms with Crippen LogP contribution in [0.4, 0.5) is 4.79 Å². The number of likely N-dealkylation sites (tertiary alicyclic amines) is 1. The zero-order valence-corrected chi connectivity index (χ0v) is 24.0. The van der Waals surface area contributed by atoms with Gasteiger partial charge in [-0.2, -0.15) is 0 Å². The van der Waals surface area contributed by atoms with E-state index in [-0.39, 0.29) is 17.2 Å². The van der Waals surface area contributed by atoms with E-state index in [9.17, 15) is 4.79 Å². The van der Waals surface area contributed by atoms with E-state index in [0.717, 1.165) is 12.8 Å². The van der Waals surface area contributed by atoms with E-state index >= 15 is 0 Å². The molecule has 1 saturated heterocycles. The van der Waals surface area contributed by atoms with Crippen LogP contribution in [0.3, 0.4) is 0 Å². The highest BCUT2D eigenvalue weighted by Crippen LogP contribution is 2.38. The number of benzene rings is 2. The second-order valence-electron chi connectivity index (χ2n) is 12.3. The van der Waals surface area contributed by atoms with Gasteiger partial charge in [0.15, 0.2) is 0 Å². The summed E-state index contributed by atoms with van der Waals surface area (Å²) in [5.74, 6) is 0.822. The Hall–Kier alpha value is -2.11. The molecule has 4 nitrogen and oxygen atoms in total. The van der Waals surface area contributed by atoms with E-state index in [1.54, 1.807) is 0 Å². The lowest BCUT2D eigenvalue weighted by Crippen LogP contribution is -2.68. The van der Waals surface area contributed by atoms with Crippen LogP contribution in [0.1, 0.15) is 68.2 Å². The minimum Gasteiger partial charge on any atom is -0.444 e. The summed E-state index contributed by atoms with van der Waals surface area (Å²) in [5.41, 5.74) is -0.523. The minimum absolute atomic E-state index is 0.0137. The van der Waals surface area contributed by atoms with Crippen LogP contribution < -0.4 is 10.4 Å². The second-order valence-corrected chi connectivity index (χ2v) is 16.6. The van der Waals surface area contributed by atoms with Crippen LogP contribution >= 0.6 is 0 Å². The highest BCUT2D eigenvalue weighted by atomic mass is 28.4. The van der Waals surface area contributed by atoms with Gasteiger partial charge >= 0.3 is 6.09 Å². The molecular formula is C30H45NO3Si. The number of hydrogen-bond acceptors (Lipinski definition) is 3. The first-order chi connectivity index (χ1) is 16.4. The third-order valence-corrected chi connectivity index (χ3v) is 12.2. The Morgan fingerprint density at radius 1 is 0.943 bits per heavy atom. The van der Waals surface area contributed by atoms with Crippen molar-refractivity contribution in [3.63, 3.8) is 0 Å². The highest BCUT2D eigenvalue weighted by molar-refractivity contribution is 6.99. The Kier molecular flexibility index (Phi) is 8.54. The van der Waals surface area contributed by atoms with Crippen molar-refractivity contribution in [1.82, 2.24) is 4.90 Å². The molecule has 2 aromatic carbocycles. The van der Waals surface area contributed by atoms with Gasteiger partial charge in [-0.3, -0.25) is 0 Å². The number of hydrogen-bond donors (Lipinski definition) is 0. The third kappa shape index (κ3) is 6.18. The summed E-state index contributed by atoms with van der Waals surface area (Å²) in [4.78, 5) is 15.3. The zero-order valence-electron chi connectivity index (χ0n) is 23.0. The molecule has 0 aromatic heterocycles. The lowest BCUT2D eigenvalue weighted by molar-refractivity contribution is -0.0158.